The average molecular weight is 430 g/mol. The minimum atomic E-state index is -0.151. The first-order chi connectivity index (χ1) is 15.1. The molecule has 4 aromatic rings. The number of aromatic nitrogens is 3. The molecule has 0 radical (unpaired) electrons. The summed E-state index contributed by atoms with van der Waals surface area (Å²) in [6.07, 6.45) is 2.28. The largest absolute Gasteiger partial charge is 0.322 e. The van der Waals surface area contributed by atoms with Crippen LogP contribution in [0.2, 0.25) is 0 Å². The first-order valence-corrected chi connectivity index (χ1v) is 10.8. The smallest absolute Gasteiger partial charge is 0.258 e. The number of rotatable bonds is 3. The molecule has 1 N–H and O–H groups in total. The van der Waals surface area contributed by atoms with Crippen LogP contribution < -0.4 is 10.2 Å². The lowest BCUT2D eigenvalue weighted by Gasteiger charge is -2.23. The molecule has 154 valence electrons. The van der Waals surface area contributed by atoms with Crippen LogP contribution in [0.5, 0.6) is 0 Å². The number of amides is 2. The third-order valence-electron chi connectivity index (χ3n) is 5.35. The summed E-state index contributed by atoms with van der Waals surface area (Å²) in [5, 5.41) is 13.0. The average Bonchev–Trinajstić information content (AvgIpc) is 3.40. The van der Waals surface area contributed by atoms with E-state index in [2.05, 4.69) is 15.5 Å². The molecule has 3 heterocycles. The normalized spacial score (nSPS) is 12.6. The molecule has 5 rings (SSSR count). The summed E-state index contributed by atoms with van der Waals surface area (Å²) in [7, 11) is 0. The fourth-order valence-electron chi connectivity index (χ4n) is 3.74. The fraction of sp³-hybridized carbons (Fsp3) is 0.130. The van der Waals surface area contributed by atoms with Gasteiger partial charge >= 0.3 is 0 Å². The molecule has 2 amide bonds. The number of benzene rings is 2. The number of nitrogens with one attached hydrogen (secondary N) is 1. The second kappa shape index (κ2) is 7.81. The van der Waals surface area contributed by atoms with Gasteiger partial charge in [0.15, 0.2) is 0 Å². The lowest BCUT2D eigenvalue weighted by Crippen LogP contribution is -2.32. The third kappa shape index (κ3) is 3.51. The number of carbonyl (C=O) groups is 2. The molecule has 0 saturated heterocycles. The highest BCUT2D eigenvalue weighted by Gasteiger charge is 2.25. The molecule has 0 saturated carbocycles. The number of carbonyl (C=O) groups excluding carboxylic acids is 2. The number of nitrogens with zero attached hydrogens (tertiary/aromatic N) is 4. The Kier molecular flexibility index (Phi) is 4.83. The van der Waals surface area contributed by atoms with Crippen molar-refractivity contribution in [1.29, 1.82) is 0 Å². The molecule has 31 heavy (non-hydrogen) atoms. The number of hydrogen-bond acceptors (Lipinski definition) is 5. The molecular formula is C23H19N5O2S. The Hall–Kier alpha value is -3.78. The number of anilines is 2. The van der Waals surface area contributed by atoms with Crippen molar-refractivity contribution < 1.29 is 9.59 Å². The summed E-state index contributed by atoms with van der Waals surface area (Å²) in [5.41, 5.74) is 3.56. The van der Waals surface area contributed by atoms with Gasteiger partial charge < -0.3 is 10.2 Å². The van der Waals surface area contributed by atoms with E-state index < -0.39 is 0 Å². The zero-order valence-electron chi connectivity index (χ0n) is 16.8. The molecule has 0 atom stereocenters. The molecule has 0 bridgehead atoms. The monoisotopic (exact) mass is 429 g/mol. The zero-order valence-corrected chi connectivity index (χ0v) is 17.6. The molecule has 0 spiro atoms. The molecule has 1 aliphatic heterocycles. The van der Waals surface area contributed by atoms with Crippen LogP contribution >= 0.6 is 11.3 Å². The highest BCUT2D eigenvalue weighted by molar-refractivity contribution is 7.10. The maximum Gasteiger partial charge on any atom is 0.258 e. The number of para-hydroxylation sites is 2. The SMILES string of the molecule is Cc1sccc1C(=O)Nc1ccc(C(=O)N2CCc3nncn3-c3ccccc32)cc1. The molecule has 0 unspecified atom stereocenters. The number of hydrogen-bond donors (Lipinski definition) is 1. The van der Waals surface area contributed by atoms with Gasteiger partial charge in [-0.05, 0) is 54.8 Å². The third-order valence-corrected chi connectivity index (χ3v) is 6.19. The second-order valence-electron chi connectivity index (χ2n) is 7.23. The Balaban J connectivity index is 1.39. The van der Waals surface area contributed by atoms with Crippen LogP contribution in [-0.2, 0) is 6.42 Å². The quantitative estimate of drug-likeness (QED) is 0.532. The Bertz CT molecular complexity index is 1280. The minimum absolute atomic E-state index is 0.0993. The predicted octanol–water partition coefficient (Wildman–Crippen LogP) is 4.09. The fourth-order valence-corrected chi connectivity index (χ4v) is 4.44. The van der Waals surface area contributed by atoms with Crippen molar-refractivity contribution in [1.82, 2.24) is 14.8 Å². The predicted molar refractivity (Wildman–Crippen MR) is 120 cm³/mol. The first-order valence-electron chi connectivity index (χ1n) is 9.87. The van der Waals surface area contributed by atoms with Gasteiger partial charge in [0.25, 0.3) is 11.8 Å². The van der Waals surface area contributed by atoms with Gasteiger partial charge in [-0.3, -0.25) is 14.2 Å². The Morgan fingerprint density at radius 3 is 2.55 bits per heavy atom. The summed E-state index contributed by atoms with van der Waals surface area (Å²) >= 11 is 1.54. The van der Waals surface area contributed by atoms with Crippen molar-refractivity contribution in [3.05, 3.63) is 88.1 Å². The van der Waals surface area contributed by atoms with Crippen LogP contribution in [0.1, 0.15) is 31.4 Å². The van der Waals surface area contributed by atoms with Crippen LogP contribution in [0, 0.1) is 6.92 Å². The lowest BCUT2D eigenvalue weighted by atomic mass is 10.1. The van der Waals surface area contributed by atoms with Crippen molar-refractivity contribution in [2.45, 2.75) is 13.3 Å². The topological polar surface area (TPSA) is 80.1 Å². The van der Waals surface area contributed by atoms with E-state index in [0.29, 0.717) is 29.8 Å². The van der Waals surface area contributed by atoms with Crippen LogP contribution in [0.15, 0.2) is 66.3 Å². The highest BCUT2D eigenvalue weighted by atomic mass is 32.1. The van der Waals surface area contributed by atoms with Crippen LogP contribution in [-0.4, -0.2) is 33.1 Å². The second-order valence-corrected chi connectivity index (χ2v) is 8.35. The molecule has 2 aromatic carbocycles. The van der Waals surface area contributed by atoms with Gasteiger partial charge in [0.2, 0.25) is 0 Å². The van der Waals surface area contributed by atoms with E-state index in [1.54, 1.807) is 35.5 Å². The van der Waals surface area contributed by atoms with Gasteiger partial charge in [0.05, 0.1) is 16.9 Å². The Morgan fingerprint density at radius 1 is 1.03 bits per heavy atom. The maximum absolute atomic E-state index is 13.3. The number of fused-ring (bicyclic) bond motifs is 3. The molecule has 2 aromatic heterocycles. The number of thiophene rings is 1. The van der Waals surface area contributed by atoms with Crippen LogP contribution in [0.4, 0.5) is 11.4 Å². The molecule has 8 heteroatoms. The van der Waals surface area contributed by atoms with Gasteiger partial charge in [0.1, 0.15) is 12.2 Å². The van der Waals surface area contributed by atoms with Gasteiger partial charge in [-0.15, -0.1) is 21.5 Å². The standard InChI is InChI=1S/C23H19N5O2S/c1-15-18(11-13-31-15)22(29)25-17-8-6-16(7-9-17)23(30)27-12-10-21-26-24-14-28(21)20-5-3-2-4-19(20)27/h2-9,11,13-14H,10,12H2,1H3,(H,25,29). The van der Waals surface area contributed by atoms with E-state index >= 15 is 0 Å². The van der Waals surface area contributed by atoms with E-state index in [4.69, 9.17) is 0 Å². The summed E-state index contributed by atoms with van der Waals surface area (Å²) in [6, 6.07) is 16.5. The minimum Gasteiger partial charge on any atom is -0.322 e. The molecule has 7 nitrogen and oxygen atoms in total. The first kappa shape index (κ1) is 19.2. The van der Waals surface area contributed by atoms with E-state index in [-0.39, 0.29) is 11.8 Å². The van der Waals surface area contributed by atoms with Crippen molar-refractivity contribution in [3.63, 3.8) is 0 Å². The summed E-state index contributed by atoms with van der Waals surface area (Å²) < 4.78 is 1.92. The van der Waals surface area contributed by atoms with Crippen molar-refractivity contribution in [2.24, 2.45) is 0 Å². The number of aryl methyl sites for hydroxylation is 1. The lowest BCUT2D eigenvalue weighted by molar-refractivity contribution is 0.0986. The van der Waals surface area contributed by atoms with Gasteiger partial charge in [-0.2, -0.15) is 0 Å². The summed E-state index contributed by atoms with van der Waals surface area (Å²) in [6.45, 7) is 2.42. The van der Waals surface area contributed by atoms with Gasteiger partial charge in [-0.1, -0.05) is 12.1 Å². The van der Waals surface area contributed by atoms with E-state index in [1.165, 1.54) is 11.3 Å². The maximum atomic E-state index is 13.3. The molecule has 0 aliphatic carbocycles. The highest BCUT2D eigenvalue weighted by Crippen LogP contribution is 2.29. The summed E-state index contributed by atoms with van der Waals surface area (Å²) in [5.74, 6) is 0.574. The van der Waals surface area contributed by atoms with Crippen molar-refractivity contribution >= 4 is 34.5 Å². The van der Waals surface area contributed by atoms with Crippen LogP contribution in [0.3, 0.4) is 0 Å². The Morgan fingerprint density at radius 2 is 1.81 bits per heavy atom. The molecule has 1 aliphatic rings. The molecule has 0 fully saturated rings. The van der Waals surface area contributed by atoms with Crippen molar-refractivity contribution in [3.8, 4) is 5.69 Å². The van der Waals surface area contributed by atoms with E-state index in [1.807, 2.05) is 47.2 Å². The van der Waals surface area contributed by atoms with Gasteiger partial charge in [-0.25, -0.2) is 0 Å². The summed E-state index contributed by atoms with van der Waals surface area (Å²) in [4.78, 5) is 28.5. The molecular weight excluding hydrogens is 410 g/mol. The van der Waals surface area contributed by atoms with E-state index in [9.17, 15) is 9.59 Å². The van der Waals surface area contributed by atoms with Gasteiger partial charge in [0, 0.05) is 29.1 Å². The Labute approximate surface area is 183 Å². The van der Waals surface area contributed by atoms with E-state index in [0.717, 1.165) is 22.1 Å². The zero-order chi connectivity index (χ0) is 21.4. The van der Waals surface area contributed by atoms with Crippen LogP contribution in [0.25, 0.3) is 5.69 Å². The van der Waals surface area contributed by atoms with Crippen molar-refractivity contribution in [2.75, 3.05) is 16.8 Å².